The molecule has 0 saturated carbocycles. The van der Waals surface area contributed by atoms with Crippen molar-refractivity contribution in [2.45, 2.75) is 51.1 Å². The molecule has 2 atom stereocenters. The van der Waals surface area contributed by atoms with E-state index in [9.17, 15) is 4.79 Å². The molecule has 4 nitrogen and oxygen atoms in total. The van der Waals surface area contributed by atoms with Gasteiger partial charge >= 0.3 is 0 Å². The van der Waals surface area contributed by atoms with Gasteiger partial charge in [0.25, 0.3) is 0 Å². The third-order valence-electron chi connectivity index (χ3n) is 3.67. The second-order valence-corrected chi connectivity index (χ2v) is 5.68. The van der Waals surface area contributed by atoms with E-state index in [2.05, 4.69) is 25.9 Å². The van der Waals surface area contributed by atoms with E-state index in [4.69, 9.17) is 5.73 Å². The molecular formula is C13H28ClN3O. The Morgan fingerprint density at radius 3 is 2.61 bits per heavy atom. The summed E-state index contributed by atoms with van der Waals surface area (Å²) in [4.78, 5) is 16.5. The van der Waals surface area contributed by atoms with Crippen LogP contribution in [-0.4, -0.2) is 54.5 Å². The van der Waals surface area contributed by atoms with Gasteiger partial charge in [-0.3, -0.25) is 4.79 Å². The Morgan fingerprint density at radius 2 is 2.11 bits per heavy atom. The zero-order valence-electron chi connectivity index (χ0n) is 12.1. The highest BCUT2D eigenvalue weighted by molar-refractivity contribution is 5.86. The van der Waals surface area contributed by atoms with Gasteiger partial charge in [-0.25, -0.2) is 0 Å². The highest BCUT2D eigenvalue weighted by Gasteiger charge is 2.34. The van der Waals surface area contributed by atoms with Crippen LogP contribution < -0.4 is 5.73 Å². The summed E-state index contributed by atoms with van der Waals surface area (Å²) < 4.78 is 0. The number of nitrogens with zero attached hydrogens (tertiary/aromatic N) is 2. The van der Waals surface area contributed by atoms with Gasteiger partial charge in [0, 0.05) is 19.1 Å². The number of carbonyl (C=O) groups excluding carboxylic acids is 1. The third-order valence-corrected chi connectivity index (χ3v) is 3.67. The maximum absolute atomic E-state index is 12.4. The number of likely N-dealkylation sites (N-methyl/N-ethyl adjacent to an activating group) is 1. The summed E-state index contributed by atoms with van der Waals surface area (Å²) in [6.45, 7) is 5.61. The molecule has 1 fully saturated rings. The van der Waals surface area contributed by atoms with Crippen LogP contribution in [0.1, 0.15) is 39.5 Å². The minimum Gasteiger partial charge on any atom is -0.340 e. The Bertz CT molecular complexity index is 269. The first-order chi connectivity index (χ1) is 7.88. The normalized spacial score (nSPS) is 23.4. The van der Waals surface area contributed by atoms with E-state index in [0.717, 1.165) is 32.4 Å². The molecule has 1 rings (SSSR count). The Labute approximate surface area is 117 Å². The minimum absolute atomic E-state index is 0. The van der Waals surface area contributed by atoms with Crippen molar-refractivity contribution in [2.24, 2.45) is 5.73 Å². The highest BCUT2D eigenvalue weighted by Crippen LogP contribution is 2.19. The van der Waals surface area contributed by atoms with Crippen LogP contribution in [-0.2, 0) is 4.79 Å². The van der Waals surface area contributed by atoms with E-state index in [-0.39, 0.29) is 18.3 Å². The van der Waals surface area contributed by atoms with Crippen LogP contribution >= 0.6 is 12.4 Å². The van der Waals surface area contributed by atoms with Crippen molar-refractivity contribution >= 4 is 18.3 Å². The zero-order chi connectivity index (χ0) is 13.1. The number of amides is 1. The van der Waals surface area contributed by atoms with Gasteiger partial charge in [0.05, 0.1) is 5.54 Å². The van der Waals surface area contributed by atoms with Crippen LogP contribution in [0.15, 0.2) is 0 Å². The number of hydrogen-bond donors (Lipinski definition) is 1. The SMILES string of the molecule is CCCC(C)(N)C(=O)N1CCCC(N(C)C)C1.Cl. The molecule has 0 spiro atoms. The lowest BCUT2D eigenvalue weighted by molar-refractivity contribution is -0.138. The van der Waals surface area contributed by atoms with Gasteiger partial charge in [0.2, 0.25) is 5.91 Å². The number of likely N-dealkylation sites (tertiary alicyclic amines) is 1. The number of halogens is 1. The van der Waals surface area contributed by atoms with Gasteiger partial charge in [0.15, 0.2) is 0 Å². The summed E-state index contributed by atoms with van der Waals surface area (Å²) in [7, 11) is 4.15. The fourth-order valence-electron chi connectivity index (χ4n) is 2.55. The van der Waals surface area contributed by atoms with Crippen LogP contribution in [0.5, 0.6) is 0 Å². The molecule has 0 bridgehead atoms. The van der Waals surface area contributed by atoms with Crippen LogP contribution in [0.3, 0.4) is 0 Å². The summed E-state index contributed by atoms with van der Waals surface area (Å²) in [6.07, 6.45) is 3.96. The first-order valence-electron chi connectivity index (χ1n) is 6.63. The van der Waals surface area contributed by atoms with Crippen molar-refractivity contribution in [3.63, 3.8) is 0 Å². The largest absolute Gasteiger partial charge is 0.340 e. The quantitative estimate of drug-likeness (QED) is 0.847. The average molecular weight is 278 g/mol. The van der Waals surface area contributed by atoms with Crippen molar-refractivity contribution < 1.29 is 4.79 Å². The lowest BCUT2D eigenvalue weighted by Crippen LogP contribution is -2.57. The molecular weight excluding hydrogens is 250 g/mol. The molecule has 1 saturated heterocycles. The molecule has 0 aliphatic carbocycles. The fourth-order valence-corrected chi connectivity index (χ4v) is 2.55. The summed E-state index contributed by atoms with van der Waals surface area (Å²) in [5, 5.41) is 0. The van der Waals surface area contributed by atoms with Crippen LogP contribution in [0.4, 0.5) is 0 Å². The summed E-state index contributed by atoms with van der Waals surface area (Å²) in [6, 6.07) is 0.477. The van der Waals surface area contributed by atoms with Crippen molar-refractivity contribution in [2.75, 3.05) is 27.2 Å². The van der Waals surface area contributed by atoms with Gasteiger partial charge in [-0.15, -0.1) is 12.4 Å². The molecule has 5 heteroatoms. The van der Waals surface area contributed by atoms with Crippen molar-refractivity contribution in [3.8, 4) is 0 Å². The monoisotopic (exact) mass is 277 g/mol. The molecule has 1 amide bonds. The van der Waals surface area contributed by atoms with Crippen LogP contribution in [0.2, 0.25) is 0 Å². The molecule has 0 aromatic carbocycles. The number of carbonyl (C=O) groups is 1. The summed E-state index contributed by atoms with van der Waals surface area (Å²) >= 11 is 0. The molecule has 2 unspecified atom stereocenters. The Balaban J connectivity index is 0.00000289. The first-order valence-corrected chi connectivity index (χ1v) is 6.63. The molecule has 1 aliphatic heterocycles. The third kappa shape index (κ3) is 4.41. The second-order valence-electron chi connectivity index (χ2n) is 5.68. The number of piperidine rings is 1. The molecule has 18 heavy (non-hydrogen) atoms. The van der Waals surface area contributed by atoms with Crippen molar-refractivity contribution in [3.05, 3.63) is 0 Å². The Morgan fingerprint density at radius 1 is 1.50 bits per heavy atom. The zero-order valence-corrected chi connectivity index (χ0v) is 12.9. The molecule has 2 N–H and O–H groups in total. The van der Waals surface area contributed by atoms with E-state index in [1.807, 2.05) is 11.8 Å². The van der Waals surface area contributed by atoms with E-state index in [1.54, 1.807) is 0 Å². The smallest absolute Gasteiger partial charge is 0.242 e. The fraction of sp³-hybridized carbons (Fsp3) is 0.923. The van der Waals surface area contributed by atoms with Crippen LogP contribution in [0.25, 0.3) is 0 Å². The molecule has 0 aromatic rings. The van der Waals surface area contributed by atoms with E-state index in [1.165, 1.54) is 6.42 Å². The van der Waals surface area contributed by atoms with Crippen molar-refractivity contribution in [1.82, 2.24) is 9.80 Å². The highest BCUT2D eigenvalue weighted by atomic mass is 35.5. The Hall–Kier alpha value is -0.320. The van der Waals surface area contributed by atoms with E-state index < -0.39 is 5.54 Å². The van der Waals surface area contributed by atoms with Gasteiger partial charge in [-0.1, -0.05) is 13.3 Å². The van der Waals surface area contributed by atoms with Gasteiger partial charge in [-0.05, 0) is 40.3 Å². The minimum atomic E-state index is -0.692. The topological polar surface area (TPSA) is 49.6 Å². The van der Waals surface area contributed by atoms with E-state index >= 15 is 0 Å². The van der Waals surface area contributed by atoms with Crippen LogP contribution in [0, 0.1) is 0 Å². The second kappa shape index (κ2) is 7.31. The predicted octanol–water partition coefficient (Wildman–Crippen LogP) is 1.48. The molecule has 0 aromatic heterocycles. The molecule has 0 radical (unpaired) electrons. The Kier molecular flexibility index (Phi) is 7.18. The van der Waals surface area contributed by atoms with Gasteiger partial charge in [-0.2, -0.15) is 0 Å². The van der Waals surface area contributed by atoms with Gasteiger partial charge < -0.3 is 15.5 Å². The lowest BCUT2D eigenvalue weighted by atomic mass is 9.94. The maximum atomic E-state index is 12.4. The summed E-state index contributed by atoms with van der Waals surface area (Å²) in [5.74, 6) is 0.117. The number of hydrogen-bond acceptors (Lipinski definition) is 3. The molecule has 1 heterocycles. The lowest BCUT2D eigenvalue weighted by Gasteiger charge is -2.39. The number of nitrogens with two attached hydrogens (primary N) is 1. The van der Waals surface area contributed by atoms with Gasteiger partial charge in [0.1, 0.15) is 0 Å². The van der Waals surface area contributed by atoms with E-state index in [0.29, 0.717) is 6.04 Å². The number of rotatable bonds is 4. The predicted molar refractivity (Wildman–Crippen MR) is 78.0 cm³/mol. The maximum Gasteiger partial charge on any atom is 0.242 e. The molecule has 1 aliphatic rings. The standard InChI is InChI=1S/C13H27N3O.ClH/c1-5-8-13(2,14)12(17)16-9-6-7-11(10-16)15(3)4;/h11H,5-10,14H2,1-4H3;1H. The average Bonchev–Trinajstić information content (AvgIpc) is 2.28. The summed E-state index contributed by atoms with van der Waals surface area (Å²) in [5.41, 5.74) is 5.43. The van der Waals surface area contributed by atoms with Crippen molar-refractivity contribution in [1.29, 1.82) is 0 Å². The molecule has 108 valence electrons. The first kappa shape index (κ1) is 17.7.